The van der Waals surface area contributed by atoms with Gasteiger partial charge in [-0.25, -0.2) is 0 Å². The Labute approximate surface area is 127 Å². The van der Waals surface area contributed by atoms with E-state index in [1.807, 2.05) is 11.3 Å². The minimum absolute atomic E-state index is 0.488. The van der Waals surface area contributed by atoms with Crippen molar-refractivity contribution in [1.29, 1.82) is 0 Å². The van der Waals surface area contributed by atoms with Crippen LogP contribution in [0, 0.1) is 0 Å². The molecule has 2 fully saturated rings. The van der Waals surface area contributed by atoms with Crippen LogP contribution in [-0.4, -0.2) is 36.1 Å². The molecule has 1 unspecified atom stereocenters. The van der Waals surface area contributed by atoms with Crippen molar-refractivity contribution in [2.75, 3.05) is 19.6 Å². The molecule has 1 saturated carbocycles. The number of nitrogens with zero attached hydrogens (tertiary/aromatic N) is 1. The van der Waals surface area contributed by atoms with E-state index in [2.05, 4.69) is 34.7 Å². The molecule has 0 amide bonds. The van der Waals surface area contributed by atoms with Gasteiger partial charge in [0.25, 0.3) is 0 Å². The first-order valence-corrected chi connectivity index (χ1v) is 9.21. The number of piperazine rings is 1. The number of nitrogens with one attached hydrogen (secondary N) is 1. The second-order valence-corrected chi connectivity index (χ2v) is 7.61. The van der Waals surface area contributed by atoms with Crippen molar-refractivity contribution in [2.45, 2.75) is 63.5 Å². The van der Waals surface area contributed by atoms with E-state index in [1.165, 1.54) is 64.6 Å². The zero-order chi connectivity index (χ0) is 13.8. The average Bonchev–Trinajstić information content (AvgIpc) is 3.12. The summed E-state index contributed by atoms with van der Waals surface area (Å²) in [6.07, 6.45) is 9.52. The fourth-order valence-corrected chi connectivity index (χ4v) is 4.76. The van der Waals surface area contributed by atoms with Crippen LogP contribution in [0.2, 0.25) is 0 Å². The fourth-order valence-electron chi connectivity index (χ4n) is 4.07. The molecule has 20 heavy (non-hydrogen) atoms. The summed E-state index contributed by atoms with van der Waals surface area (Å²) >= 11 is 1.91. The lowest BCUT2D eigenvalue weighted by Crippen LogP contribution is -2.63. The summed E-state index contributed by atoms with van der Waals surface area (Å²) in [5, 5.41) is 6.04. The Bertz CT molecular complexity index is 395. The van der Waals surface area contributed by atoms with E-state index in [9.17, 15) is 0 Å². The highest BCUT2D eigenvalue weighted by Crippen LogP contribution is 2.37. The quantitative estimate of drug-likeness (QED) is 0.890. The van der Waals surface area contributed by atoms with Gasteiger partial charge in [-0.1, -0.05) is 32.3 Å². The molecule has 2 heterocycles. The van der Waals surface area contributed by atoms with Crippen LogP contribution < -0.4 is 5.32 Å². The molecule has 0 radical (unpaired) electrons. The third-order valence-corrected chi connectivity index (χ3v) is 6.15. The molecular weight excluding hydrogens is 264 g/mol. The molecule has 3 rings (SSSR count). The second-order valence-electron chi connectivity index (χ2n) is 6.57. The van der Waals surface area contributed by atoms with Gasteiger partial charge in [0.05, 0.1) is 0 Å². The first kappa shape index (κ1) is 14.6. The molecule has 1 aliphatic carbocycles. The standard InChI is InChI=1S/C17H28N2S/c1-2-6-15-13-19(11-8-16-7-5-12-20-16)17(14-18-15)9-3-4-10-17/h5,7,12,15,18H,2-4,6,8-11,13-14H2,1H3. The summed E-state index contributed by atoms with van der Waals surface area (Å²) in [5.41, 5.74) is 0.488. The van der Waals surface area contributed by atoms with Gasteiger partial charge < -0.3 is 5.32 Å². The van der Waals surface area contributed by atoms with Crippen molar-refractivity contribution in [2.24, 2.45) is 0 Å². The predicted octanol–water partition coefficient (Wildman–Crippen LogP) is 3.68. The molecule has 0 bridgehead atoms. The molecule has 1 aromatic rings. The van der Waals surface area contributed by atoms with Crippen LogP contribution in [0.3, 0.4) is 0 Å². The second kappa shape index (κ2) is 6.59. The van der Waals surface area contributed by atoms with Crippen LogP contribution >= 0.6 is 11.3 Å². The summed E-state index contributed by atoms with van der Waals surface area (Å²) in [7, 11) is 0. The SMILES string of the molecule is CCCC1CN(CCc2cccs2)C2(CCCC2)CN1. The van der Waals surface area contributed by atoms with Crippen molar-refractivity contribution in [3.8, 4) is 0 Å². The minimum Gasteiger partial charge on any atom is -0.311 e. The Morgan fingerprint density at radius 1 is 1.40 bits per heavy atom. The third-order valence-electron chi connectivity index (χ3n) is 5.21. The van der Waals surface area contributed by atoms with E-state index in [-0.39, 0.29) is 0 Å². The lowest BCUT2D eigenvalue weighted by atomic mass is 9.90. The zero-order valence-corrected chi connectivity index (χ0v) is 13.6. The Kier molecular flexibility index (Phi) is 4.79. The Balaban J connectivity index is 1.64. The van der Waals surface area contributed by atoms with Gasteiger partial charge in [0.1, 0.15) is 0 Å². The Morgan fingerprint density at radius 3 is 2.95 bits per heavy atom. The monoisotopic (exact) mass is 292 g/mol. The van der Waals surface area contributed by atoms with E-state index >= 15 is 0 Å². The smallest absolute Gasteiger partial charge is 0.0334 e. The van der Waals surface area contributed by atoms with E-state index in [0.717, 1.165) is 6.04 Å². The van der Waals surface area contributed by atoms with Gasteiger partial charge in [-0.3, -0.25) is 4.90 Å². The van der Waals surface area contributed by atoms with Gasteiger partial charge >= 0.3 is 0 Å². The van der Waals surface area contributed by atoms with E-state index in [0.29, 0.717) is 5.54 Å². The molecule has 1 aromatic heterocycles. The van der Waals surface area contributed by atoms with Gasteiger partial charge in [0, 0.05) is 36.1 Å². The van der Waals surface area contributed by atoms with Crippen LogP contribution in [0.5, 0.6) is 0 Å². The predicted molar refractivity (Wildman–Crippen MR) is 87.5 cm³/mol. The molecule has 1 spiro atoms. The normalized spacial score (nSPS) is 26.4. The minimum atomic E-state index is 0.488. The zero-order valence-electron chi connectivity index (χ0n) is 12.7. The van der Waals surface area contributed by atoms with Gasteiger partial charge in [-0.15, -0.1) is 11.3 Å². The molecule has 0 aromatic carbocycles. The van der Waals surface area contributed by atoms with Crippen molar-refractivity contribution in [3.05, 3.63) is 22.4 Å². The van der Waals surface area contributed by atoms with Crippen LogP contribution in [-0.2, 0) is 6.42 Å². The highest BCUT2D eigenvalue weighted by molar-refractivity contribution is 7.09. The first-order chi connectivity index (χ1) is 9.82. The molecule has 112 valence electrons. The lowest BCUT2D eigenvalue weighted by molar-refractivity contribution is 0.0422. The highest BCUT2D eigenvalue weighted by atomic mass is 32.1. The Hall–Kier alpha value is -0.380. The summed E-state index contributed by atoms with van der Waals surface area (Å²) in [4.78, 5) is 4.39. The molecule has 1 atom stereocenters. The molecule has 2 aliphatic rings. The van der Waals surface area contributed by atoms with Crippen molar-refractivity contribution >= 4 is 11.3 Å². The number of hydrogen-bond acceptors (Lipinski definition) is 3. The highest BCUT2D eigenvalue weighted by Gasteiger charge is 2.42. The first-order valence-electron chi connectivity index (χ1n) is 8.33. The van der Waals surface area contributed by atoms with Crippen molar-refractivity contribution in [1.82, 2.24) is 10.2 Å². The van der Waals surface area contributed by atoms with Gasteiger partial charge in [-0.05, 0) is 37.1 Å². The third kappa shape index (κ3) is 3.10. The van der Waals surface area contributed by atoms with E-state index in [1.54, 1.807) is 4.88 Å². The van der Waals surface area contributed by atoms with Crippen LogP contribution in [0.4, 0.5) is 0 Å². The summed E-state index contributed by atoms with van der Waals surface area (Å²) in [5.74, 6) is 0. The molecule has 1 N–H and O–H groups in total. The molecule has 1 aliphatic heterocycles. The van der Waals surface area contributed by atoms with Crippen molar-refractivity contribution < 1.29 is 0 Å². The molecule has 1 saturated heterocycles. The maximum absolute atomic E-state index is 3.84. The van der Waals surface area contributed by atoms with Crippen LogP contribution in [0.15, 0.2) is 17.5 Å². The Morgan fingerprint density at radius 2 is 2.25 bits per heavy atom. The fraction of sp³-hybridized carbons (Fsp3) is 0.765. The van der Waals surface area contributed by atoms with Gasteiger partial charge in [0.15, 0.2) is 0 Å². The van der Waals surface area contributed by atoms with E-state index in [4.69, 9.17) is 0 Å². The average molecular weight is 292 g/mol. The van der Waals surface area contributed by atoms with Crippen LogP contribution in [0.1, 0.15) is 50.3 Å². The van der Waals surface area contributed by atoms with Crippen LogP contribution in [0.25, 0.3) is 0 Å². The lowest BCUT2D eigenvalue weighted by Gasteiger charge is -2.48. The molecular formula is C17H28N2S. The molecule has 2 nitrogen and oxygen atoms in total. The van der Waals surface area contributed by atoms with Gasteiger partial charge in [-0.2, -0.15) is 0 Å². The maximum Gasteiger partial charge on any atom is 0.0334 e. The maximum atomic E-state index is 3.84. The molecule has 3 heteroatoms. The number of thiophene rings is 1. The summed E-state index contributed by atoms with van der Waals surface area (Å²) in [6, 6.07) is 5.19. The largest absolute Gasteiger partial charge is 0.311 e. The summed E-state index contributed by atoms with van der Waals surface area (Å²) in [6.45, 7) is 6.04. The van der Waals surface area contributed by atoms with Gasteiger partial charge in [0.2, 0.25) is 0 Å². The number of rotatable bonds is 5. The van der Waals surface area contributed by atoms with Crippen molar-refractivity contribution in [3.63, 3.8) is 0 Å². The number of hydrogen-bond donors (Lipinski definition) is 1. The topological polar surface area (TPSA) is 15.3 Å². The summed E-state index contributed by atoms with van der Waals surface area (Å²) < 4.78 is 0. The van der Waals surface area contributed by atoms with E-state index < -0.39 is 0 Å².